The van der Waals surface area contributed by atoms with E-state index in [0.29, 0.717) is 21.3 Å². The lowest BCUT2D eigenvalue weighted by atomic mass is 9.89. The average Bonchev–Trinajstić information content (AvgIpc) is 2.41. The average molecular weight is 303 g/mol. The van der Waals surface area contributed by atoms with Gasteiger partial charge in [-0.1, -0.05) is 44.0 Å². The summed E-state index contributed by atoms with van der Waals surface area (Å²) in [6.45, 7) is 6.20. The summed E-state index contributed by atoms with van der Waals surface area (Å²) in [6, 6.07) is 3.09. The molecule has 0 unspecified atom stereocenters. The van der Waals surface area contributed by atoms with Gasteiger partial charge in [0.25, 0.3) is 5.91 Å². The molecule has 106 valence electrons. The number of anilines is 1. The normalized spacial score (nSPS) is 11.4. The van der Waals surface area contributed by atoms with Gasteiger partial charge < -0.3 is 11.1 Å². The number of halogens is 2. The van der Waals surface area contributed by atoms with Crippen molar-refractivity contribution in [2.75, 3.05) is 5.73 Å². The van der Waals surface area contributed by atoms with Gasteiger partial charge in [0.05, 0.1) is 15.7 Å². The molecule has 0 aliphatic carbocycles. The maximum atomic E-state index is 12.3. The monoisotopic (exact) mass is 302 g/mol. The largest absolute Gasteiger partial charge is 0.396 e. The second-order valence-corrected chi connectivity index (χ2v) is 5.46. The minimum atomic E-state index is -0.183. The molecule has 1 amide bonds. The number of nitrogen functional groups attached to an aromatic ring is 1. The van der Waals surface area contributed by atoms with Gasteiger partial charge in [-0.2, -0.15) is 0 Å². The van der Waals surface area contributed by atoms with Crippen LogP contribution in [0.5, 0.6) is 0 Å². The van der Waals surface area contributed by atoms with Crippen molar-refractivity contribution >= 4 is 34.8 Å². The van der Waals surface area contributed by atoms with E-state index in [-0.39, 0.29) is 11.4 Å². The van der Waals surface area contributed by atoms with Gasteiger partial charge >= 0.3 is 0 Å². The van der Waals surface area contributed by atoms with Crippen molar-refractivity contribution in [1.82, 2.24) is 5.32 Å². The SMILES string of the molecule is CCC(CC)(CC)NC(=O)c1cc(Cl)c(N)c(Cl)c1. The number of benzene rings is 1. The molecule has 3 N–H and O–H groups in total. The van der Waals surface area contributed by atoms with Gasteiger partial charge in [-0.15, -0.1) is 0 Å². The molecule has 0 aliphatic rings. The lowest BCUT2D eigenvalue weighted by Crippen LogP contribution is -2.47. The first-order valence-electron chi connectivity index (χ1n) is 6.46. The van der Waals surface area contributed by atoms with Crippen LogP contribution in [-0.4, -0.2) is 11.4 Å². The number of carbonyl (C=O) groups excluding carboxylic acids is 1. The molecule has 1 rings (SSSR count). The van der Waals surface area contributed by atoms with E-state index in [1.165, 1.54) is 0 Å². The van der Waals surface area contributed by atoms with E-state index in [1.54, 1.807) is 12.1 Å². The molecule has 0 bridgehead atoms. The van der Waals surface area contributed by atoms with Gasteiger partial charge in [0, 0.05) is 11.1 Å². The topological polar surface area (TPSA) is 55.1 Å². The van der Waals surface area contributed by atoms with E-state index in [2.05, 4.69) is 26.1 Å². The van der Waals surface area contributed by atoms with Crippen molar-refractivity contribution in [3.63, 3.8) is 0 Å². The Morgan fingerprint density at radius 1 is 1.16 bits per heavy atom. The Kier molecular flexibility index (Phi) is 5.50. The predicted molar refractivity (Wildman–Crippen MR) is 81.9 cm³/mol. The lowest BCUT2D eigenvalue weighted by Gasteiger charge is -2.31. The summed E-state index contributed by atoms with van der Waals surface area (Å²) in [7, 11) is 0. The van der Waals surface area contributed by atoms with Crippen LogP contribution in [0, 0.1) is 0 Å². The highest BCUT2D eigenvalue weighted by molar-refractivity contribution is 6.39. The maximum absolute atomic E-state index is 12.3. The van der Waals surface area contributed by atoms with E-state index in [1.807, 2.05) is 0 Å². The minimum Gasteiger partial charge on any atom is -0.396 e. The number of hydrogen-bond acceptors (Lipinski definition) is 2. The third-order valence-corrected chi connectivity index (χ3v) is 4.38. The van der Waals surface area contributed by atoms with Gasteiger partial charge in [-0.05, 0) is 31.4 Å². The van der Waals surface area contributed by atoms with Gasteiger partial charge in [0.1, 0.15) is 0 Å². The molecule has 0 radical (unpaired) electrons. The zero-order valence-corrected chi connectivity index (χ0v) is 13.0. The Balaban J connectivity index is 3.01. The molecule has 0 fully saturated rings. The van der Waals surface area contributed by atoms with Crippen LogP contribution >= 0.6 is 23.2 Å². The van der Waals surface area contributed by atoms with E-state index in [9.17, 15) is 4.79 Å². The fourth-order valence-corrected chi connectivity index (χ4v) is 2.53. The predicted octanol–water partition coefficient (Wildman–Crippen LogP) is 4.27. The van der Waals surface area contributed by atoms with Crippen molar-refractivity contribution in [2.24, 2.45) is 0 Å². The van der Waals surface area contributed by atoms with E-state index in [0.717, 1.165) is 19.3 Å². The standard InChI is InChI=1S/C14H20Cl2N2O/c1-4-14(5-2,6-3)18-13(19)9-7-10(15)12(17)11(16)8-9/h7-8H,4-6,17H2,1-3H3,(H,18,19). The smallest absolute Gasteiger partial charge is 0.251 e. The molecule has 19 heavy (non-hydrogen) atoms. The minimum absolute atomic E-state index is 0.172. The number of amides is 1. The number of hydrogen-bond donors (Lipinski definition) is 2. The van der Waals surface area contributed by atoms with Crippen LogP contribution in [0.2, 0.25) is 10.0 Å². The maximum Gasteiger partial charge on any atom is 0.251 e. The number of rotatable bonds is 5. The molecule has 0 saturated carbocycles. The summed E-state index contributed by atoms with van der Waals surface area (Å²) in [4.78, 5) is 12.3. The van der Waals surface area contributed by atoms with Crippen LogP contribution in [0.1, 0.15) is 50.4 Å². The second kappa shape index (κ2) is 6.49. The fourth-order valence-electron chi connectivity index (χ4n) is 2.04. The Hall–Kier alpha value is -0.930. The summed E-state index contributed by atoms with van der Waals surface area (Å²) in [5.41, 5.74) is 6.21. The van der Waals surface area contributed by atoms with Crippen molar-refractivity contribution in [1.29, 1.82) is 0 Å². The lowest BCUT2D eigenvalue weighted by molar-refractivity contribution is 0.0888. The summed E-state index contributed by atoms with van der Waals surface area (Å²) < 4.78 is 0. The first-order valence-corrected chi connectivity index (χ1v) is 7.21. The molecule has 5 heteroatoms. The quantitative estimate of drug-likeness (QED) is 0.798. The van der Waals surface area contributed by atoms with Crippen molar-refractivity contribution in [3.8, 4) is 0 Å². The van der Waals surface area contributed by atoms with E-state index < -0.39 is 0 Å². The molecule has 3 nitrogen and oxygen atoms in total. The Morgan fingerprint density at radius 3 is 1.95 bits per heavy atom. The molecule has 0 atom stereocenters. The summed E-state index contributed by atoms with van der Waals surface area (Å²) in [5, 5.41) is 3.67. The second-order valence-electron chi connectivity index (χ2n) is 4.65. The molecular weight excluding hydrogens is 283 g/mol. The third-order valence-electron chi connectivity index (χ3n) is 3.75. The molecule has 0 heterocycles. The van der Waals surface area contributed by atoms with Gasteiger partial charge in [0.15, 0.2) is 0 Å². The summed E-state index contributed by atoms with van der Waals surface area (Å²) in [5.74, 6) is -0.172. The molecule has 0 aromatic heterocycles. The third kappa shape index (κ3) is 3.54. The first kappa shape index (κ1) is 16.1. The van der Waals surface area contributed by atoms with Crippen molar-refractivity contribution in [2.45, 2.75) is 45.6 Å². The first-order chi connectivity index (χ1) is 8.89. The molecule has 0 saturated heterocycles. The molecular formula is C14H20Cl2N2O. The van der Waals surface area contributed by atoms with Crippen LogP contribution in [-0.2, 0) is 0 Å². The van der Waals surface area contributed by atoms with E-state index in [4.69, 9.17) is 28.9 Å². The number of carbonyl (C=O) groups is 1. The van der Waals surface area contributed by atoms with Crippen LogP contribution in [0.25, 0.3) is 0 Å². The zero-order valence-electron chi connectivity index (χ0n) is 11.5. The fraction of sp³-hybridized carbons (Fsp3) is 0.500. The highest BCUT2D eigenvalue weighted by Gasteiger charge is 2.26. The molecule has 1 aromatic carbocycles. The van der Waals surface area contributed by atoms with Crippen LogP contribution in [0.3, 0.4) is 0 Å². The van der Waals surface area contributed by atoms with Crippen LogP contribution in [0.15, 0.2) is 12.1 Å². The number of nitrogens with one attached hydrogen (secondary N) is 1. The summed E-state index contributed by atoms with van der Waals surface area (Å²) in [6.07, 6.45) is 2.63. The number of nitrogens with two attached hydrogens (primary N) is 1. The molecule has 0 aliphatic heterocycles. The van der Waals surface area contributed by atoms with Crippen molar-refractivity contribution in [3.05, 3.63) is 27.7 Å². The Bertz CT molecular complexity index is 439. The Morgan fingerprint density at radius 2 is 1.58 bits per heavy atom. The van der Waals surface area contributed by atoms with Crippen LogP contribution < -0.4 is 11.1 Å². The Labute approximate surface area is 124 Å². The molecule has 1 aromatic rings. The summed E-state index contributed by atoms with van der Waals surface area (Å²) >= 11 is 11.9. The van der Waals surface area contributed by atoms with E-state index >= 15 is 0 Å². The van der Waals surface area contributed by atoms with Crippen LogP contribution in [0.4, 0.5) is 5.69 Å². The van der Waals surface area contributed by atoms with Gasteiger partial charge in [-0.3, -0.25) is 4.79 Å². The highest BCUT2D eigenvalue weighted by atomic mass is 35.5. The zero-order chi connectivity index (χ0) is 14.6. The van der Waals surface area contributed by atoms with Gasteiger partial charge in [-0.25, -0.2) is 0 Å². The highest BCUT2D eigenvalue weighted by Crippen LogP contribution is 2.29. The molecule has 0 spiro atoms. The van der Waals surface area contributed by atoms with Gasteiger partial charge in [0.2, 0.25) is 0 Å². The van der Waals surface area contributed by atoms with Crippen molar-refractivity contribution < 1.29 is 4.79 Å².